The first kappa shape index (κ1) is 19.5. The first-order chi connectivity index (χ1) is 13.8. The van der Waals surface area contributed by atoms with Crippen molar-refractivity contribution < 1.29 is 9.18 Å². The summed E-state index contributed by atoms with van der Waals surface area (Å²) in [6.07, 6.45) is 6.55. The largest absolute Gasteiger partial charge is 0.352 e. The van der Waals surface area contributed by atoms with Crippen LogP contribution in [0, 0.1) is 22.2 Å². The van der Waals surface area contributed by atoms with Gasteiger partial charge in [-0.1, -0.05) is 44.2 Å². The van der Waals surface area contributed by atoms with Gasteiger partial charge in [-0.25, -0.2) is 0 Å². The molecule has 29 heavy (non-hydrogen) atoms. The number of alkyl halides is 1. The molecule has 1 aromatic rings. The molecule has 2 N–H and O–H groups in total. The summed E-state index contributed by atoms with van der Waals surface area (Å²) in [7, 11) is 0. The zero-order valence-electron chi connectivity index (χ0n) is 17.9. The Hall–Kier alpha value is -1.42. The van der Waals surface area contributed by atoms with Crippen LogP contribution in [0.1, 0.15) is 64.4 Å². The van der Waals surface area contributed by atoms with Crippen LogP contribution in [0.3, 0.4) is 0 Å². The fourth-order valence-corrected chi connectivity index (χ4v) is 8.03. The smallest absolute Gasteiger partial charge is 0.227 e. The van der Waals surface area contributed by atoms with Crippen molar-refractivity contribution >= 4 is 5.91 Å². The molecule has 1 heterocycles. The molecule has 3 nitrogen and oxygen atoms in total. The Morgan fingerprint density at radius 2 is 1.97 bits per heavy atom. The molecule has 5 aliphatic rings. The van der Waals surface area contributed by atoms with Crippen LogP contribution in [-0.2, 0) is 10.2 Å². The fourth-order valence-electron chi connectivity index (χ4n) is 8.03. The third-order valence-electron chi connectivity index (χ3n) is 9.16. The maximum Gasteiger partial charge on any atom is 0.227 e. The number of nitrogens with one attached hydrogen (secondary N) is 2. The summed E-state index contributed by atoms with van der Waals surface area (Å²) in [5.41, 5.74) is 0.910. The van der Waals surface area contributed by atoms with Gasteiger partial charge < -0.3 is 10.6 Å². The topological polar surface area (TPSA) is 41.1 Å². The highest BCUT2D eigenvalue weighted by molar-refractivity contribution is 5.86. The minimum absolute atomic E-state index is 0.0462. The summed E-state index contributed by atoms with van der Waals surface area (Å²) < 4.78 is 13.8. The second-order valence-corrected chi connectivity index (χ2v) is 11.3. The molecule has 3 unspecified atom stereocenters. The minimum Gasteiger partial charge on any atom is -0.352 e. The zero-order chi connectivity index (χ0) is 20.3. The molecular weight excluding hydrogens is 363 g/mol. The van der Waals surface area contributed by atoms with Gasteiger partial charge in [0.05, 0.1) is 12.1 Å². The van der Waals surface area contributed by atoms with Crippen LogP contribution < -0.4 is 10.6 Å². The Labute approximate surface area is 174 Å². The third-order valence-corrected chi connectivity index (χ3v) is 9.16. The Morgan fingerprint density at radius 3 is 2.69 bits per heavy atom. The molecule has 158 valence electrons. The van der Waals surface area contributed by atoms with E-state index in [0.29, 0.717) is 12.3 Å². The summed E-state index contributed by atoms with van der Waals surface area (Å²) in [6.45, 7) is 6.04. The van der Waals surface area contributed by atoms with E-state index >= 15 is 0 Å². The number of benzene rings is 1. The highest BCUT2D eigenvalue weighted by Crippen LogP contribution is 2.77. The lowest BCUT2D eigenvalue weighted by atomic mass is 9.63. The molecule has 1 amide bonds. The van der Waals surface area contributed by atoms with Crippen LogP contribution >= 0.6 is 0 Å². The molecule has 1 aromatic carbocycles. The van der Waals surface area contributed by atoms with Gasteiger partial charge in [-0.05, 0) is 79.2 Å². The van der Waals surface area contributed by atoms with Crippen molar-refractivity contribution in [3.63, 3.8) is 0 Å². The monoisotopic (exact) mass is 398 g/mol. The van der Waals surface area contributed by atoms with Crippen molar-refractivity contribution in [2.75, 3.05) is 19.8 Å². The lowest BCUT2D eigenvalue weighted by Crippen LogP contribution is -2.58. The van der Waals surface area contributed by atoms with E-state index in [1.807, 2.05) is 0 Å². The number of amides is 1. The summed E-state index contributed by atoms with van der Waals surface area (Å²) in [4.78, 5) is 14.0. The number of piperidine rings is 1. The fraction of sp³-hybridized carbons (Fsp3) is 0.720. The second kappa shape index (κ2) is 6.54. The molecule has 4 bridgehead atoms. The SMILES string of the molecule is CC1(C)CNCCC1NC(=O)C12CC3C[C@](c4ccccc4)(C1)C[C@@]2(CCF)C3. The predicted octanol–water partition coefficient (Wildman–Crippen LogP) is 4.37. The quantitative estimate of drug-likeness (QED) is 0.773. The Bertz CT molecular complexity index is 795. The van der Waals surface area contributed by atoms with E-state index in [2.05, 4.69) is 54.8 Å². The number of rotatable bonds is 5. The van der Waals surface area contributed by atoms with Crippen molar-refractivity contribution in [1.82, 2.24) is 10.6 Å². The molecule has 5 fully saturated rings. The van der Waals surface area contributed by atoms with Crippen molar-refractivity contribution in [2.45, 2.75) is 70.3 Å². The molecular formula is C25H35FN2O. The normalized spacial score (nSPS) is 42.2. The number of halogens is 1. The maximum absolute atomic E-state index is 14.0. The molecule has 6 rings (SSSR count). The lowest BCUT2D eigenvalue weighted by Gasteiger charge is -2.44. The third kappa shape index (κ3) is 2.74. The van der Waals surface area contributed by atoms with Crippen LogP contribution in [0.5, 0.6) is 0 Å². The summed E-state index contributed by atoms with van der Waals surface area (Å²) in [6, 6.07) is 11.0. The number of carbonyl (C=O) groups excluding carboxylic acids is 1. The van der Waals surface area contributed by atoms with E-state index in [9.17, 15) is 9.18 Å². The van der Waals surface area contributed by atoms with Gasteiger partial charge in [0.15, 0.2) is 0 Å². The van der Waals surface area contributed by atoms with Crippen LogP contribution in [0.4, 0.5) is 4.39 Å². The minimum atomic E-state index is -0.390. The van der Waals surface area contributed by atoms with E-state index in [-0.39, 0.29) is 34.9 Å². The van der Waals surface area contributed by atoms with Crippen LogP contribution in [0.15, 0.2) is 30.3 Å². The molecule has 4 heteroatoms. The second-order valence-electron chi connectivity index (χ2n) is 11.3. The van der Waals surface area contributed by atoms with Crippen molar-refractivity contribution in [1.29, 1.82) is 0 Å². The van der Waals surface area contributed by atoms with Crippen molar-refractivity contribution in [2.24, 2.45) is 22.2 Å². The van der Waals surface area contributed by atoms with Gasteiger partial charge in [0.1, 0.15) is 0 Å². The Balaban J connectivity index is 1.50. The standard InChI is InChI=1S/C25H35FN2O/c1-22(2)17-27-11-8-20(22)28-21(29)25-14-18-12-23(16-25,19-6-4-3-5-7-19)15-24(25,13-18)9-10-26/h3-7,18,20,27H,8-17H2,1-2H3,(H,28,29)/t18?,20?,23-,24-,25?/m1/s1. The van der Waals surface area contributed by atoms with Gasteiger partial charge in [0, 0.05) is 12.6 Å². The highest BCUT2D eigenvalue weighted by atomic mass is 19.1. The Kier molecular flexibility index (Phi) is 4.40. The average molecular weight is 399 g/mol. The molecule has 5 atom stereocenters. The predicted molar refractivity (Wildman–Crippen MR) is 113 cm³/mol. The number of carbonyl (C=O) groups is 1. The Morgan fingerprint density at radius 1 is 1.17 bits per heavy atom. The van der Waals surface area contributed by atoms with Gasteiger partial charge in [0.2, 0.25) is 5.91 Å². The highest BCUT2D eigenvalue weighted by Gasteiger charge is 2.74. The maximum atomic E-state index is 14.0. The van der Waals surface area contributed by atoms with E-state index < -0.39 is 5.41 Å². The van der Waals surface area contributed by atoms with E-state index in [1.54, 1.807) is 0 Å². The molecule has 0 aromatic heterocycles. The van der Waals surface area contributed by atoms with Crippen LogP contribution in [0.2, 0.25) is 0 Å². The van der Waals surface area contributed by atoms with Gasteiger partial charge in [0.25, 0.3) is 0 Å². The van der Waals surface area contributed by atoms with E-state index in [1.165, 1.54) is 12.0 Å². The van der Waals surface area contributed by atoms with E-state index in [4.69, 9.17) is 0 Å². The molecule has 0 spiro atoms. The van der Waals surface area contributed by atoms with Gasteiger partial charge in [-0.15, -0.1) is 0 Å². The van der Waals surface area contributed by atoms with Crippen LogP contribution in [-0.4, -0.2) is 31.7 Å². The zero-order valence-corrected chi connectivity index (χ0v) is 17.9. The molecule has 4 aliphatic carbocycles. The van der Waals surface area contributed by atoms with Gasteiger partial charge in [-0.2, -0.15) is 0 Å². The van der Waals surface area contributed by atoms with Gasteiger partial charge >= 0.3 is 0 Å². The first-order valence-corrected chi connectivity index (χ1v) is 11.5. The lowest BCUT2D eigenvalue weighted by molar-refractivity contribution is -0.138. The molecule has 1 saturated heterocycles. The van der Waals surface area contributed by atoms with E-state index in [0.717, 1.165) is 45.2 Å². The molecule has 1 aliphatic heterocycles. The first-order valence-electron chi connectivity index (χ1n) is 11.5. The van der Waals surface area contributed by atoms with Crippen LogP contribution in [0.25, 0.3) is 0 Å². The molecule has 0 radical (unpaired) electrons. The van der Waals surface area contributed by atoms with Crippen molar-refractivity contribution in [3.05, 3.63) is 35.9 Å². The summed E-state index contributed by atoms with van der Waals surface area (Å²) in [5, 5.41) is 6.97. The summed E-state index contributed by atoms with van der Waals surface area (Å²) in [5.74, 6) is 0.780. The van der Waals surface area contributed by atoms with Crippen molar-refractivity contribution in [3.8, 4) is 0 Å². The number of hydrogen-bond acceptors (Lipinski definition) is 2. The number of hydrogen-bond donors (Lipinski definition) is 2. The van der Waals surface area contributed by atoms with Gasteiger partial charge in [-0.3, -0.25) is 9.18 Å². The summed E-state index contributed by atoms with van der Waals surface area (Å²) >= 11 is 0. The average Bonchev–Trinajstić information content (AvgIpc) is 3.03. The molecule has 4 saturated carbocycles.